The van der Waals surface area contributed by atoms with Gasteiger partial charge in [-0.25, -0.2) is 13.6 Å². The van der Waals surface area contributed by atoms with Gasteiger partial charge in [0, 0.05) is 12.4 Å². The predicted molar refractivity (Wildman–Crippen MR) is 115 cm³/mol. The summed E-state index contributed by atoms with van der Waals surface area (Å²) in [5.74, 6) is 0.820. The van der Waals surface area contributed by atoms with E-state index >= 15 is 0 Å². The van der Waals surface area contributed by atoms with E-state index < -0.39 is 10.0 Å². The van der Waals surface area contributed by atoms with Gasteiger partial charge in [0.15, 0.2) is 0 Å². The van der Waals surface area contributed by atoms with Crippen molar-refractivity contribution in [1.29, 1.82) is 0 Å². The molecule has 3 rings (SSSR count). The maximum absolute atomic E-state index is 11.6. The lowest BCUT2D eigenvalue weighted by atomic mass is 10.0. The second kappa shape index (κ2) is 9.20. The summed E-state index contributed by atoms with van der Waals surface area (Å²) in [5.41, 5.74) is 3.80. The van der Waals surface area contributed by atoms with E-state index in [0.29, 0.717) is 5.56 Å². The van der Waals surface area contributed by atoms with Crippen LogP contribution in [0.4, 0.5) is 0 Å². The lowest BCUT2D eigenvalue weighted by molar-refractivity contribution is 0.208. The monoisotopic (exact) mass is 410 g/mol. The van der Waals surface area contributed by atoms with Gasteiger partial charge in [0.1, 0.15) is 5.75 Å². The Kier molecular flexibility index (Phi) is 6.67. The molecule has 0 saturated carbocycles. The Morgan fingerprint density at radius 3 is 2.41 bits per heavy atom. The molecule has 2 aromatic carbocycles. The van der Waals surface area contributed by atoms with E-state index in [9.17, 15) is 8.42 Å². The first-order valence-electron chi connectivity index (χ1n) is 9.62. The average Bonchev–Trinajstić information content (AvgIpc) is 2.68. The standard InChI is InChI=1S/C23H26N2O3S/c1-17-15-21(10-13-23(17)29(24,26)27)20-8-11-22(12-9-20)28-18(2)5-3-6-19-7-4-14-25-16-19/h4,7-16,18H,3,5-6H2,1-2H3,(H2,24,26,27)/t18-/m0/s1. The zero-order chi connectivity index (χ0) is 20.9. The molecule has 1 atom stereocenters. The molecule has 152 valence electrons. The molecule has 1 heterocycles. The van der Waals surface area contributed by atoms with E-state index in [1.165, 1.54) is 5.56 Å². The summed E-state index contributed by atoms with van der Waals surface area (Å²) in [6, 6.07) is 17.0. The number of rotatable bonds is 8. The predicted octanol–water partition coefficient (Wildman–Crippen LogP) is 4.49. The number of sulfonamides is 1. The number of hydrogen-bond acceptors (Lipinski definition) is 4. The Morgan fingerprint density at radius 2 is 1.79 bits per heavy atom. The molecular weight excluding hydrogens is 384 g/mol. The second-order valence-electron chi connectivity index (χ2n) is 7.23. The highest BCUT2D eigenvalue weighted by Crippen LogP contribution is 2.26. The maximum Gasteiger partial charge on any atom is 0.238 e. The molecule has 0 spiro atoms. The number of hydrogen-bond donors (Lipinski definition) is 1. The van der Waals surface area contributed by atoms with Crippen molar-refractivity contribution in [3.8, 4) is 16.9 Å². The van der Waals surface area contributed by atoms with Crippen LogP contribution in [0.2, 0.25) is 0 Å². The van der Waals surface area contributed by atoms with Crippen LogP contribution in [-0.2, 0) is 16.4 Å². The Bertz CT molecular complexity index is 1050. The highest BCUT2D eigenvalue weighted by Gasteiger charge is 2.12. The molecule has 29 heavy (non-hydrogen) atoms. The molecule has 0 saturated heterocycles. The molecule has 0 amide bonds. The number of pyridine rings is 1. The first-order valence-corrected chi connectivity index (χ1v) is 11.2. The van der Waals surface area contributed by atoms with E-state index in [2.05, 4.69) is 18.0 Å². The Balaban J connectivity index is 1.58. The van der Waals surface area contributed by atoms with Crippen molar-refractivity contribution >= 4 is 10.0 Å². The number of primary sulfonamides is 1. The van der Waals surface area contributed by atoms with Gasteiger partial charge in [-0.2, -0.15) is 0 Å². The maximum atomic E-state index is 11.6. The SMILES string of the molecule is Cc1cc(-c2ccc(O[C@@H](C)CCCc3cccnc3)cc2)ccc1S(N)(=O)=O. The second-order valence-corrected chi connectivity index (χ2v) is 8.76. The van der Waals surface area contributed by atoms with Crippen LogP contribution in [-0.4, -0.2) is 19.5 Å². The van der Waals surface area contributed by atoms with Crippen LogP contribution in [0.15, 0.2) is 71.9 Å². The molecule has 2 N–H and O–H groups in total. The van der Waals surface area contributed by atoms with E-state index in [4.69, 9.17) is 9.88 Å². The highest BCUT2D eigenvalue weighted by molar-refractivity contribution is 7.89. The van der Waals surface area contributed by atoms with Crippen molar-refractivity contribution in [2.24, 2.45) is 5.14 Å². The smallest absolute Gasteiger partial charge is 0.238 e. The summed E-state index contributed by atoms with van der Waals surface area (Å²) in [7, 11) is -3.70. The van der Waals surface area contributed by atoms with Crippen LogP contribution >= 0.6 is 0 Å². The van der Waals surface area contributed by atoms with Crippen molar-refractivity contribution in [2.75, 3.05) is 0 Å². The van der Waals surface area contributed by atoms with Crippen LogP contribution in [0.3, 0.4) is 0 Å². The zero-order valence-electron chi connectivity index (χ0n) is 16.7. The fourth-order valence-corrected chi connectivity index (χ4v) is 4.07. The quantitative estimate of drug-likeness (QED) is 0.593. The summed E-state index contributed by atoms with van der Waals surface area (Å²) in [5, 5.41) is 5.23. The first-order chi connectivity index (χ1) is 13.8. The Hall–Kier alpha value is -2.70. The normalized spacial score (nSPS) is 12.5. The fourth-order valence-electron chi connectivity index (χ4n) is 3.31. The number of aromatic nitrogens is 1. The first kappa shape index (κ1) is 21.0. The van der Waals surface area contributed by atoms with Crippen molar-refractivity contribution in [3.05, 3.63) is 78.1 Å². The van der Waals surface area contributed by atoms with E-state index in [-0.39, 0.29) is 11.0 Å². The molecular formula is C23H26N2O3S. The van der Waals surface area contributed by atoms with Gasteiger partial charge in [0.25, 0.3) is 0 Å². The largest absolute Gasteiger partial charge is 0.491 e. The number of aryl methyl sites for hydroxylation is 2. The van der Waals surface area contributed by atoms with Crippen LogP contribution in [0.1, 0.15) is 30.9 Å². The van der Waals surface area contributed by atoms with Crippen LogP contribution in [0.5, 0.6) is 5.75 Å². The average molecular weight is 411 g/mol. The lowest BCUT2D eigenvalue weighted by Gasteiger charge is -2.15. The Labute approximate surface area is 172 Å². The van der Waals surface area contributed by atoms with E-state index in [1.807, 2.05) is 42.6 Å². The third-order valence-corrected chi connectivity index (χ3v) is 5.88. The van der Waals surface area contributed by atoms with Crippen LogP contribution < -0.4 is 9.88 Å². The van der Waals surface area contributed by atoms with Gasteiger partial charge in [-0.15, -0.1) is 0 Å². The third kappa shape index (κ3) is 5.89. The number of nitrogens with two attached hydrogens (primary N) is 1. The fraction of sp³-hybridized carbons (Fsp3) is 0.261. The van der Waals surface area contributed by atoms with E-state index in [0.717, 1.165) is 36.1 Å². The summed E-state index contributed by atoms with van der Waals surface area (Å²) >= 11 is 0. The molecule has 0 radical (unpaired) electrons. The van der Waals surface area contributed by atoms with Gasteiger partial charge in [-0.05, 0) is 79.6 Å². The molecule has 0 aliphatic carbocycles. The van der Waals surface area contributed by atoms with Gasteiger partial charge < -0.3 is 4.74 Å². The minimum atomic E-state index is -3.70. The van der Waals surface area contributed by atoms with Gasteiger partial charge in [0.2, 0.25) is 10.0 Å². The van der Waals surface area contributed by atoms with Gasteiger partial charge >= 0.3 is 0 Å². The van der Waals surface area contributed by atoms with E-state index in [1.54, 1.807) is 25.3 Å². The van der Waals surface area contributed by atoms with Crippen molar-refractivity contribution in [1.82, 2.24) is 4.98 Å². The molecule has 0 aliphatic heterocycles. The number of ether oxygens (including phenoxy) is 1. The molecule has 0 unspecified atom stereocenters. The third-order valence-electron chi connectivity index (χ3n) is 4.81. The minimum Gasteiger partial charge on any atom is -0.491 e. The molecule has 0 bridgehead atoms. The minimum absolute atomic E-state index is 0.119. The molecule has 0 fully saturated rings. The van der Waals surface area contributed by atoms with Crippen LogP contribution in [0.25, 0.3) is 11.1 Å². The summed E-state index contributed by atoms with van der Waals surface area (Å²) < 4.78 is 29.1. The molecule has 1 aromatic heterocycles. The van der Waals surface area contributed by atoms with Crippen molar-refractivity contribution in [3.63, 3.8) is 0 Å². The molecule has 5 nitrogen and oxygen atoms in total. The van der Waals surface area contributed by atoms with Crippen LogP contribution in [0, 0.1) is 6.92 Å². The Morgan fingerprint density at radius 1 is 1.07 bits per heavy atom. The summed E-state index contributed by atoms with van der Waals surface area (Å²) in [6.07, 6.45) is 6.81. The summed E-state index contributed by atoms with van der Waals surface area (Å²) in [4.78, 5) is 4.29. The molecule has 0 aliphatic rings. The van der Waals surface area contributed by atoms with Crippen molar-refractivity contribution in [2.45, 2.75) is 44.1 Å². The summed E-state index contributed by atoms with van der Waals surface area (Å²) in [6.45, 7) is 3.82. The highest BCUT2D eigenvalue weighted by atomic mass is 32.2. The topological polar surface area (TPSA) is 82.3 Å². The van der Waals surface area contributed by atoms with Gasteiger partial charge in [0.05, 0.1) is 11.0 Å². The number of nitrogens with zero attached hydrogens (tertiary/aromatic N) is 1. The van der Waals surface area contributed by atoms with Gasteiger partial charge in [-0.3, -0.25) is 4.98 Å². The number of benzene rings is 2. The lowest BCUT2D eigenvalue weighted by Crippen LogP contribution is -2.13. The zero-order valence-corrected chi connectivity index (χ0v) is 17.5. The van der Waals surface area contributed by atoms with Gasteiger partial charge in [-0.1, -0.05) is 30.3 Å². The molecule has 6 heteroatoms. The molecule has 3 aromatic rings. The van der Waals surface area contributed by atoms with Crippen molar-refractivity contribution < 1.29 is 13.2 Å².